The van der Waals surface area contributed by atoms with Crippen molar-refractivity contribution in [1.82, 2.24) is 15.1 Å². The number of hydrogen-bond donors (Lipinski definition) is 2. The Hall–Kier alpha value is -2.71. The Morgan fingerprint density at radius 3 is 2.46 bits per heavy atom. The minimum atomic E-state index is -1.12. The molecule has 8 atom stereocenters. The van der Waals surface area contributed by atoms with E-state index in [0.717, 1.165) is 55.7 Å². The number of fused-ring (bicyclic) bond motifs is 1. The second kappa shape index (κ2) is 11.2. The van der Waals surface area contributed by atoms with E-state index in [9.17, 15) is 14.4 Å². The Labute approximate surface area is 244 Å². The van der Waals surface area contributed by atoms with Gasteiger partial charge in [0, 0.05) is 18.3 Å². The monoisotopic (exact) mass is 562 g/mol. The Morgan fingerprint density at radius 1 is 1.00 bits per heavy atom. The maximum absolute atomic E-state index is 14.2. The molecule has 1 aliphatic carbocycles. The minimum Gasteiger partial charge on any atom is -0.359 e. The van der Waals surface area contributed by atoms with Gasteiger partial charge in [0.1, 0.15) is 11.6 Å². The first-order valence-corrected chi connectivity index (χ1v) is 15.8. The fourth-order valence-corrected chi connectivity index (χ4v) is 8.30. The van der Waals surface area contributed by atoms with Crippen LogP contribution in [0.5, 0.6) is 0 Å². The number of ether oxygens (including phenoxy) is 1. The zero-order valence-electron chi connectivity index (χ0n) is 25.0. The number of carbonyl (C=O) groups is 3. The predicted octanol–water partition coefficient (Wildman–Crippen LogP) is 3.82. The van der Waals surface area contributed by atoms with Gasteiger partial charge in [0.25, 0.3) is 0 Å². The molecule has 1 spiro atoms. The highest BCUT2D eigenvalue weighted by atomic mass is 16.5. The maximum atomic E-state index is 14.2. The second-order valence-electron chi connectivity index (χ2n) is 13.4. The number of carbonyl (C=O) groups excluding carboxylic acids is 3. The number of benzene rings is 1. The number of amides is 3. The van der Waals surface area contributed by atoms with Crippen LogP contribution in [0.2, 0.25) is 0 Å². The molecule has 8 heteroatoms. The van der Waals surface area contributed by atoms with Gasteiger partial charge >= 0.3 is 0 Å². The number of anilines is 1. The van der Waals surface area contributed by atoms with E-state index >= 15 is 0 Å². The quantitative estimate of drug-likeness (QED) is 0.470. The molecule has 1 saturated carbocycles. The summed E-state index contributed by atoms with van der Waals surface area (Å²) in [5, 5.41) is 6.42. The molecule has 0 radical (unpaired) electrons. The van der Waals surface area contributed by atoms with Gasteiger partial charge in [-0.05, 0) is 94.3 Å². The molecule has 4 heterocycles. The van der Waals surface area contributed by atoms with Crippen molar-refractivity contribution in [3.05, 3.63) is 41.5 Å². The standard InChI is InChI=1S/C33H46N4O4/c1-20-17-21(2)19-24(18-20)34-30(38)27-26-11-12-33(41-26)28(27)32(40)37(16-8-15-36-13-5-6-14-36)29(33)31(39)35-25-10-7-9-22(3)23(25)4/h11-12,17-19,22-23,25-29H,5-10,13-16H2,1-4H3,(H,34,38)(H,35,39)/t22?,23?,25?,26-,27?,28-,29?,33?/m1/s1. The van der Waals surface area contributed by atoms with E-state index in [4.69, 9.17) is 4.74 Å². The molecule has 222 valence electrons. The van der Waals surface area contributed by atoms with Gasteiger partial charge in [0.15, 0.2) is 0 Å². The highest BCUT2D eigenvalue weighted by Gasteiger charge is 2.72. The minimum absolute atomic E-state index is 0.0782. The Morgan fingerprint density at radius 2 is 1.73 bits per heavy atom. The van der Waals surface area contributed by atoms with Crippen molar-refractivity contribution in [2.45, 2.75) is 90.0 Å². The third kappa shape index (κ3) is 5.11. The average molecular weight is 563 g/mol. The summed E-state index contributed by atoms with van der Waals surface area (Å²) in [4.78, 5) is 46.4. The second-order valence-corrected chi connectivity index (χ2v) is 13.4. The van der Waals surface area contributed by atoms with Crippen LogP contribution < -0.4 is 10.6 Å². The Kier molecular flexibility index (Phi) is 7.74. The van der Waals surface area contributed by atoms with Crippen LogP contribution in [-0.2, 0) is 19.1 Å². The molecule has 1 aromatic rings. The molecule has 2 N–H and O–H groups in total. The van der Waals surface area contributed by atoms with Crippen molar-refractivity contribution in [3.8, 4) is 0 Å². The van der Waals surface area contributed by atoms with Gasteiger partial charge in [0.05, 0.1) is 17.9 Å². The van der Waals surface area contributed by atoms with Crippen LogP contribution in [0.3, 0.4) is 0 Å². The zero-order chi connectivity index (χ0) is 28.9. The fourth-order valence-electron chi connectivity index (χ4n) is 8.30. The first-order valence-electron chi connectivity index (χ1n) is 15.8. The SMILES string of the molecule is Cc1cc(C)cc(NC(=O)C2[C@H]3C=CC4(O3)C(C(=O)NC3CCCC(C)C3C)N(CCCN3CCCC3)C(=O)[C@@H]24)c1. The van der Waals surface area contributed by atoms with E-state index < -0.39 is 29.6 Å². The van der Waals surface area contributed by atoms with Crippen molar-refractivity contribution in [2.75, 3.05) is 31.5 Å². The molecule has 3 amide bonds. The van der Waals surface area contributed by atoms with Gasteiger partial charge in [-0.3, -0.25) is 14.4 Å². The molecular formula is C33H46N4O4. The smallest absolute Gasteiger partial charge is 0.246 e. The van der Waals surface area contributed by atoms with E-state index in [1.807, 2.05) is 38.1 Å². The number of hydrogen-bond acceptors (Lipinski definition) is 5. The maximum Gasteiger partial charge on any atom is 0.246 e. The van der Waals surface area contributed by atoms with E-state index in [-0.39, 0.29) is 23.8 Å². The van der Waals surface area contributed by atoms with Crippen LogP contribution >= 0.6 is 0 Å². The summed E-state index contributed by atoms with van der Waals surface area (Å²) < 4.78 is 6.55. The summed E-state index contributed by atoms with van der Waals surface area (Å²) in [5.74, 6) is -0.988. The lowest BCUT2D eigenvalue weighted by molar-refractivity contribution is -0.141. The fraction of sp³-hybridized carbons (Fsp3) is 0.667. The van der Waals surface area contributed by atoms with Gasteiger partial charge in [-0.1, -0.05) is 44.9 Å². The van der Waals surface area contributed by atoms with E-state index in [1.165, 1.54) is 19.3 Å². The van der Waals surface area contributed by atoms with Gasteiger partial charge in [-0.2, -0.15) is 0 Å². The van der Waals surface area contributed by atoms with Crippen molar-refractivity contribution in [1.29, 1.82) is 0 Å². The highest BCUT2D eigenvalue weighted by molar-refractivity contribution is 6.02. The summed E-state index contributed by atoms with van der Waals surface area (Å²) in [6, 6.07) is 5.24. The van der Waals surface area contributed by atoms with Crippen LogP contribution in [0.4, 0.5) is 5.69 Å². The molecule has 6 rings (SSSR count). The molecule has 41 heavy (non-hydrogen) atoms. The van der Waals surface area contributed by atoms with E-state index in [1.54, 1.807) is 4.90 Å². The normalized spacial score (nSPS) is 36.1. The summed E-state index contributed by atoms with van der Waals surface area (Å²) in [7, 11) is 0. The largest absolute Gasteiger partial charge is 0.359 e. The molecular weight excluding hydrogens is 516 g/mol. The number of rotatable bonds is 8. The van der Waals surface area contributed by atoms with Crippen LogP contribution in [-0.4, -0.2) is 77.5 Å². The highest BCUT2D eigenvalue weighted by Crippen LogP contribution is 2.55. The van der Waals surface area contributed by atoms with E-state index in [2.05, 4.69) is 35.4 Å². The third-order valence-electron chi connectivity index (χ3n) is 10.5. The summed E-state index contributed by atoms with van der Waals surface area (Å²) in [5.41, 5.74) is 1.72. The summed E-state index contributed by atoms with van der Waals surface area (Å²) in [6.07, 6.45) is 9.73. The van der Waals surface area contributed by atoms with Crippen LogP contribution in [0, 0.1) is 37.5 Å². The molecule has 0 aromatic heterocycles. The molecule has 6 unspecified atom stereocenters. The molecule has 4 aliphatic heterocycles. The molecule has 3 saturated heterocycles. The number of likely N-dealkylation sites (tertiary alicyclic amines) is 2. The van der Waals surface area contributed by atoms with Crippen molar-refractivity contribution < 1.29 is 19.1 Å². The molecule has 4 fully saturated rings. The molecule has 8 nitrogen and oxygen atoms in total. The molecule has 2 bridgehead atoms. The van der Waals surface area contributed by atoms with Gasteiger partial charge in [-0.15, -0.1) is 0 Å². The lowest BCUT2D eigenvalue weighted by Gasteiger charge is -2.38. The average Bonchev–Trinajstić information content (AvgIpc) is 3.69. The van der Waals surface area contributed by atoms with Gasteiger partial charge in [0.2, 0.25) is 17.7 Å². The number of aryl methyl sites for hydroxylation is 2. The first-order chi connectivity index (χ1) is 19.7. The summed E-state index contributed by atoms with van der Waals surface area (Å²) in [6.45, 7) is 12.0. The Bertz CT molecular complexity index is 1210. The van der Waals surface area contributed by atoms with Gasteiger partial charge < -0.3 is 25.2 Å². The number of nitrogens with one attached hydrogen (secondary N) is 2. The van der Waals surface area contributed by atoms with Gasteiger partial charge in [-0.25, -0.2) is 0 Å². The summed E-state index contributed by atoms with van der Waals surface area (Å²) >= 11 is 0. The van der Waals surface area contributed by atoms with Crippen molar-refractivity contribution in [2.24, 2.45) is 23.7 Å². The predicted molar refractivity (Wildman–Crippen MR) is 158 cm³/mol. The lowest BCUT2D eigenvalue weighted by atomic mass is 9.73. The van der Waals surface area contributed by atoms with Crippen LogP contribution in [0.25, 0.3) is 0 Å². The Balaban J connectivity index is 1.26. The zero-order valence-corrected chi connectivity index (χ0v) is 25.0. The van der Waals surface area contributed by atoms with E-state index in [0.29, 0.717) is 18.4 Å². The molecule has 5 aliphatic rings. The van der Waals surface area contributed by atoms with Crippen molar-refractivity contribution >= 4 is 23.4 Å². The number of nitrogens with zero attached hydrogens (tertiary/aromatic N) is 2. The molecule has 1 aromatic carbocycles. The van der Waals surface area contributed by atoms with Crippen LogP contribution in [0.15, 0.2) is 30.4 Å². The topological polar surface area (TPSA) is 91.0 Å². The van der Waals surface area contributed by atoms with Crippen molar-refractivity contribution in [3.63, 3.8) is 0 Å². The first kappa shape index (κ1) is 28.4. The van der Waals surface area contributed by atoms with Crippen LogP contribution in [0.1, 0.15) is 63.5 Å². The lowest BCUT2D eigenvalue weighted by Crippen LogP contribution is -2.58. The third-order valence-corrected chi connectivity index (χ3v) is 10.5.